The van der Waals surface area contributed by atoms with Gasteiger partial charge in [-0.1, -0.05) is 23.8 Å². The lowest BCUT2D eigenvalue weighted by Crippen LogP contribution is -2.38. The molecule has 0 saturated carbocycles. The third-order valence-electron chi connectivity index (χ3n) is 4.63. The Morgan fingerprint density at radius 3 is 2.21 bits per heavy atom. The maximum absolute atomic E-state index is 12.5. The highest BCUT2D eigenvalue weighted by Crippen LogP contribution is 2.22. The van der Waals surface area contributed by atoms with E-state index in [1.807, 2.05) is 32.9 Å². The maximum Gasteiger partial charge on any atom is 0.261 e. The number of aryl methyl sites for hydroxylation is 2. The summed E-state index contributed by atoms with van der Waals surface area (Å²) in [6.45, 7) is 7.69. The van der Waals surface area contributed by atoms with Gasteiger partial charge >= 0.3 is 0 Å². The number of ether oxygens (including phenoxy) is 1. The number of carbonyl (C=O) groups is 1. The van der Waals surface area contributed by atoms with E-state index in [0.717, 1.165) is 17.4 Å². The fraction of sp³-hybridized carbons (Fsp3) is 0.381. The molecule has 152 valence electrons. The van der Waals surface area contributed by atoms with E-state index in [1.165, 1.54) is 16.9 Å². The number of rotatable bonds is 7. The molecule has 0 radical (unpaired) electrons. The van der Waals surface area contributed by atoms with Crippen LogP contribution in [-0.4, -0.2) is 33.7 Å². The Morgan fingerprint density at radius 2 is 1.68 bits per heavy atom. The molecule has 2 atom stereocenters. The van der Waals surface area contributed by atoms with Crippen molar-refractivity contribution in [1.82, 2.24) is 5.32 Å². The van der Waals surface area contributed by atoms with E-state index >= 15 is 0 Å². The van der Waals surface area contributed by atoms with E-state index < -0.39 is 16.1 Å². The summed E-state index contributed by atoms with van der Waals surface area (Å²) in [5.74, 6) is 0.275. The van der Waals surface area contributed by atoms with Crippen molar-refractivity contribution >= 4 is 21.6 Å². The summed E-state index contributed by atoms with van der Waals surface area (Å²) in [4.78, 5) is 12.5. The van der Waals surface area contributed by atoms with Gasteiger partial charge in [0, 0.05) is 7.05 Å². The number of nitrogens with zero attached hydrogens (tertiary/aromatic N) is 1. The zero-order valence-electron chi connectivity index (χ0n) is 17.2. The van der Waals surface area contributed by atoms with Crippen LogP contribution >= 0.6 is 0 Å². The SMILES string of the molecule is Cc1ccc([C@H](C)NC(=O)[C@H](C)Oc2ccc(N(C)S(C)(=O)=O)cc2)c(C)c1. The molecule has 7 heteroatoms. The first kappa shape index (κ1) is 21.8. The highest BCUT2D eigenvalue weighted by Gasteiger charge is 2.19. The molecule has 6 nitrogen and oxygen atoms in total. The van der Waals surface area contributed by atoms with Gasteiger partial charge in [-0.2, -0.15) is 0 Å². The molecular formula is C21H28N2O4S. The predicted molar refractivity (Wildman–Crippen MR) is 112 cm³/mol. The van der Waals surface area contributed by atoms with E-state index in [9.17, 15) is 13.2 Å². The normalized spacial score (nSPS) is 13.5. The lowest BCUT2D eigenvalue weighted by molar-refractivity contribution is -0.127. The van der Waals surface area contributed by atoms with Gasteiger partial charge in [0.05, 0.1) is 18.0 Å². The van der Waals surface area contributed by atoms with E-state index in [2.05, 4.69) is 11.4 Å². The quantitative estimate of drug-likeness (QED) is 0.768. The highest BCUT2D eigenvalue weighted by atomic mass is 32.2. The first-order valence-corrected chi connectivity index (χ1v) is 10.9. The molecule has 0 aliphatic carbocycles. The molecule has 0 aliphatic rings. The van der Waals surface area contributed by atoms with Crippen molar-refractivity contribution in [3.8, 4) is 5.75 Å². The minimum absolute atomic E-state index is 0.134. The minimum atomic E-state index is -3.32. The number of carbonyl (C=O) groups excluding carboxylic acids is 1. The van der Waals surface area contributed by atoms with Crippen LogP contribution in [-0.2, 0) is 14.8 Å². The Bertz CT molecular complexity index is 939. The zero-order chi connectivity index (χ0) is 21.1. The summed E-state index contributed by atoms with van der Waals surface area (Å²) in [5.41, 5.74) is 3.91. The predicted octanol–water partition coefficient (Wildman–Crippen LogP) is 3.34. The maximum atomic E-state index is 12.5. The van der Waals surface area contributed by atoms with Crippen LogP contribution in [0.15, 0.2) is 42.5 Å². The summed E-state index contributed by atoms with van der Waals surface area (Å²) in [5, 5.41) is 2.97. The minimum Gasteiger partial charge on any atom is -0.481 e. The van der Waals surface area contributed by atoms with Gasteiger partial charge < -0.3 is 10.1 Å². The molecule has 0 heterocycles. The molecule has 0 unspecified atom stereocenters. The van der Waals surface area contributed by atoms with Gasteiger partial charge in [0.25, 0.3) is 5.91 Å². The van der Waals surface area contributed by atoms with Crippen LogP contribution in [0.4, 0.5) is 5.69 Å². The second-order valence-electron chi connectivity index (χ2n) is 7.07. The number of hydrogen-bond acceptors (Lipinski definition) is 4. The number of anilines is 1. The van der Waals surface area contributed by atoms with Gasteiger partial charge in [-0.3, -0.25) is 9.10 Å². The monoisotopic (exact) mass is 404 g/mol. The summed E-state index contributed by atoms with van der Waals surface area (Å²) in [6.07, 6.45) is 0.451. The van der Waals surface area contributed by atoms with Crippen LogP contribution in [0, 0.1) is 13.8 Å². The second kappa shape index (κ2) is 8.65. The standard InChI is InChI=1S/C21H28N2O4S/c1-14-7-12-20(15(2)13-14)16(3)22-21(24)17(4)27-19-10-8-18(9-11-19)23(5)28(6,25)26/h7-13,16-17H,1-6H3,(H,22,24)/t16-,17-/m0/s1. The molecule has 1 N–H and O–H groups in total. The van der Waals surface area contributed by atoms with Crippen LogP contribution in [0.3, 0.4) is 0 Å². The van der Waals surface area contributed by atoms with Crippen molar-refractivity contribution in [2.45, 2.75) is 39.8 Å². The average molecular weight is 405 g/mol. The fourth-order valence-corrected chi connectivity index (χ4v) is 3.41. The first-order chi connectivity index (χ1) is 13.0. The van der Waals surface area contributed by atoms with Gasteiger partial charge in [0.15, 0.2) is 6.10 Å². The number of nitrogens with one attached hydrogen (secondary N) is 1. The van der Waals surface area contributed by atoms with Crippen molar-refractivity contribution in [2.75, 3.05) is 17.6 Å². The smallest absolute Gasteiger partial charge is 0.261 e. The van der Waals surface area contributed by atoms with Crippen LogP contribution < -0.4 is 14.4 Å². The molecule has 0 saturated heterocycles. The Labute approximate surface area is 167 Å². The number of amides is 1. The Hall–Kier alpha value is -2.54. The third-order valence-corrected chi connectivity index (χ3v) is 5.84. The van der Waals surface area contributed by atoms with Crippen molar-refractivity contribution in [3.05, 3.63) is 59.2 Å². The second-order valence-corrected chi connectivity index (χ2v) is 9.09. The van der Waals surface area contributed by atoms with Crippen molar-refractivity contribution in [1.29, 1.82) is 0 Å². The molecule has 0 fully saturated rings. The van der Waals surface area contributed by atoms with Crippen LogP contribution in [0.1, 0.15) is 36.6 Å². The third kappa shape index (κ3) is 5.48. The van der Waals surface area contributed by atoms with Crippen molar-refractivity contribution in [2.24, 2.45) is 0 Å². The molecular weight excluding hydrogens is 376 g/mol. The fourth-order valence-electron chi connectivity index (χ4n) is 2.90. The van der Waals surface area contributed by atoms with E-state index in [1.54, 1.807) is 31.2 Å². The molecule has 0 spiro atoms. The summed E-state index contributed by atoms with van der Waals surface area (Å²) < 4.78 is 30.1. The molecule has 0 bridgehead atoms. The van der Waals surface area contributed by atoms with Crippen LogP contribution in [0.5, 0.6) is 5.75 Å². The zero-order valence-corrected chi connectivity index (χ0v) is 18.0. The average Bonchev–Trinajstić information content (AvgIpc) is 2.60. The molecule has 2 aromatic carbocycles. The van der Waals surface area contributed by atoms with Gasteiger partial charge in [0.2, 0.25) is 10.0 Å². The van der Waals surface area contributed by atoms with E-state index in [-0.39, 0.29) is 11.9 Å². The Kier molecular flexibility index (Phi) is 6.72. The molecule has 2 aromatic rings. The highest BCUT2D eigenvalue weighted by molar-refractivity contribution is 7.92. The molecule has 1 amide bonds. The van der Waals surface area contributed by atoms with Crippen LogP contribution in [0.2, 0.25) is 0 Å². The molecule has 28 heavy (non-hydrogen) atoms. The van der Waals surface area contributed by atoms with Crippen LogP contribution in [0.25, 0.3) is 0 Å². The molecule has 0 aromatic heterocycles. The molecule has 2 rings (SSSR count). The summed E-state index contributed by atoms with van der Waals surface area (Å²) in [6, 6.07) is 12.6. The summed E-state index contributed by atoms with van der Waals surface area (Å²) in [7, 11) is -1.84. The van der Waals surface area contributed by atoms with E-state index in [0.29, 0.717) is 11.4 Å². The first-order valence-electron chi connectivity index (χ1n) is 9.07. The lowest BCUT2D eigenvalue weighted by Gasteiger charge is -2.21. The topological polar surface area (TPSA) is 75.7 Å². The van der Waals surface area contributed by atoms with E-state index in [4.69, 9.17) is 4.74 Å². The largest absolute Gasteiger partial charge is 0.481 e. The molecule has 0 aliphatic heterocycles. The lowest BCUT2D eigenvalue weighted by atomic mass is 10.0. The Balaban J connectivity index is 2.00. The number of hydrogen-bond donors (Lipinski definition) is 1. The van der Waals surface area contributed by atoms with Gasteiger partial charge in [0.1, 0.15) is 5.75 Å². The Morgan fingerprint density at radius 1 is 1.07 bits per heavy atom. The van der Waals surface area contributed by atoms with Crippen molar-refractivity contribution < 1.29 is 17.9 Å². The summed E-state index contributed by atoms with van der Waals surface area (Å²) >= 11 is 0. The number of sulfonamides is 1. The van der Waals surface area contributed by atoms with Gasteiger partial charge in [-0.05, 0) is 63.1 Å². The van der Waals surface area contributed by atoms with Gasteiger partial charge in [-0.25, -0.2) is 8.42 Å². The van der Waals surface area contributed by atoms with Crippen molar-refractivity contribution in [3.63, 3.8) is 0 Å². The van der Waals surface area contributed by atoms with Gasteiger partial charge in [-0.15, -0.1) is 0 Å². The number of benzene rings is 2.